The molecule has 3 aromatic carbocycles. The number of amides is 1. The molecule has 0 fully saturated rings. The number of nitrogens with one attached hydrogen (secondary N) is 1. The van der Waals surface area contributed by atoms with Gasteiger partial charge in [0, 0.05) is 11.8 Å². The number of phenolic OH excluding ortho intramolecular Hbond substituents is 1. The SMILES string of the molecule is COc1ccc(NC(=O)CSc2nnc(-c3ccccc3O)n2-c2ccc(C)cc2)c(OC)c1. The zero-order chi connectivity index (χ0) is 24.1. The van der Waals surface area contributed by atoms with E-state index in [0.717, 1.165) is 11.3 Å². The fourth-order valence-corrected chi connectivity index (χ4v) is 4.10. The third-order valence-electron chi connectivity index (χ3n) is 5.09. The molecular weight excluding hydrogens is 452 g/mol. The Morgan fingerprint density at radius 1 is 1.03 bits per heavy atom. The van der Waals surface area contributed by atoms with Crippen LogP contribution in [0, 0.1) is 6.92 Å². The minimum absolute atomic E-state index is 0.0972. The molecule has 0 aliphatic heterocycles. The Morgan fingerprint density at radius 2 is 1.79 bits per heavy atom. The molecule has 174 valence electrons. The predicted molar refractivity (Wildman–Crippen MR) is 132 cm³/mol. The number of phenols is 1. The van der Waals surface area contributed by atoms with Gasteiger partial charge in [-0.15, -0.1) is 10.2 Å². The van der Waals surface area contributed by atoms with Gasteiger partial charge in [-0.2, -0.15) is 0 Å². The van der Waals surface area contributed by atoms with Gasteiger partial charge in [0.15, 0.2) is 11.0 Å². The van der Waals surface area contributed by atoms with E-state index in [0.29, 0.717) is 33.7 Å². The number of anilines is 1. The number of hydrogen-bond donors (Lipinski definition) is 2. The number of hydrogen-bond acceptors (Lipinski definition) is 7. The average Bonchev–Trinajstić information content (AvgIpc) is 3.27. The number of ether oxygens (including phenoxy) is 2. The monoisotopic (exact) mass is 476 g/mol. The van der Waals surface area contributed by atoms with Gasteiger partial charge in [-0.05, 0) is 43.3 Å². The van der Waals surface area contributed by atoms with Gasteiger partial charge in [0.1, 0.15) is 17.2 Å². The van der Waals surface area contributed by atoms with Crippen LogP contribution in [0.4, 0.5) is 5.69 Å². The van der Waals surface area contributed by atoms with Gasteiger partial charge >= 0.3 is 0 Å². The first kappa shape index (κ1) is 23.2. The summed E-state index contributed by atoms with van der Waals surface area (Å²) in [7, 11) is 3.10. The molecule has 1 amide bonds. The minimum Gasteiger partial charge on any atom is -0.507 e. The number of thioether (sulfide) groups is 1. The highest BCUT2D eigenvalue weighted by Crippen LogP contribution is 2.33. The lowest BCUT2D eigenvalue weighted by Crippen LogP contribution is -2.15. The first-order chi connectivity index (χ1) is 16.5. The smallest absolute Gasteiger partial charge is 0.234 e. The summed E-state index contributed by atoms with van der Waals surface area (Å²) in [6.45, 7) is 2.01. The number of benzene rings is 3. The second-order valence-electron chi connectivity index (χ2n) is 7.40. The van der Waals surface area contributed by atoms with Crippen molar-refractivity contribution in [2.45, 2.75) is 12.1 Å². The molecule has 0 aliphatic carbocycles. The van der Waals surface area contributed by atoms with Gasteiger partial charge in [0.2, 0.25) is 5.91 Å². The topological polar surface area (TPSA) is 98.5 Å². The van der Waals surface area contributed by atoms with E-state index in [-0.39, 0.29) is 17.4 Å². The van der Waals surface area contributed by atoms with Crippen LogP contribution >= 0.6 is 11.8 Å². The Labute approximate surface area is 201 Å². The maximum absolute atomic E-state index is 12.7. The predicted octanol–water partition coefficient (Wildman–Crippen LogP) is 4.70. The van der Waals surface area contributed by atoms with Crippen LogP contribution in [0.15, 0.2) is 71.9 Å². The fraction of sp³-hybridized carbons (Fsp3) is 0.160. The van der Waals surface area contributed by atoms with Crippen LogP contribution in [0.1, 0.15) is 5.56 Å². The standard InChI is InChI=1S/C25H24N4O4S/c1-16-8-10-17(11-9-16)29-24(19-6-4-5-7-21(19)30)27-28-25(29)34-15-23(31)26-20-13-12-18(32-2)14-22(20)33-3/h4-14,30H,15H2,1-3H3,(H,26,31). The van der Waals surface area contributed by atoms with Crippen LogP contribution in [0.5, 0.6) is 17.2 Å². The Morgan fingerprint density at radius 3 is 2.50 bits per heavy atom. The summed E-state index contributed by atoms with van der Waals surface area (Å²) in [5, 5.41) is 22.4. The van der Waals surface area contributed by atoms with E-state index >= 15 is 0 Å². The first-order valence-corrected chi connectivity index (χ1v) is 11.4. The van der Waals surface area contributed by atoms with Crippen molar-refractivity contribution in [3.05, 3.63) is 72.3 Å². The molecule has 4 rings (SSSR count). The lowest BCUT2D eigenvalue weighted by Gasteiger charge is -2.13. The van der Waals surface area contributed by atoms with Crippen LogP contribution < -0.4 is 14.8 Å². The van der Waals surface area contributed by atoms with Crippen molar-refractivity contribution < 1.29 is 19.4 Å². The summed E-state index contributed by atoms with van der Waals surface area (Å²) in [6, 6.07) is 20.0. The minimum atomic E-state index is -0.226. The van der Waals surface area contributed by atoms with Crippen LogP contribution in [0.3, 0.4) is 0 Å². The van der Waals surface area contributed by atoms with Gasteiger partial charge in [-0.25, -0.2) is 0 Å². The molecule has 0 bridgehead atoms. The molecule has 0 radical (unpaired) electrons. The second kappa shape index (κ2) is 10.3. The van der Waals surface area contributed by atoms with Crippen LogP contribution in [-0.4, -0.2) is 45.8 Å². The number of aryl methyl sites for hydroxylation is 1. The summed E-state index contributed by atoms with van der Waals surface area (Å²) in [5.74, 6) is 1.59. The highest BCUT2D eigenvalue weighted by molar-refractivity contribution is 7.99. The lowest BCUT2D eigenvalue weighted by atomic mass is 10.1. The Hall–Kier alpha value is -3.98. The van der Waals surface area contributed by atoms with Crippen LogP contribution in [0.25, 0.3) is 17.1 Å². The van der Waals surface area contributed by atoms with E-state index in [1.54, 1.807) is 43.5 Å². The normalized spacial score (nSPS) is 10.7. The van der Waals surface area contributed by atoms with Crippen molar-refractivity contribution in [1.29, 1.82) is 0 Å². The number of rotatable bonds is 8. The molecule has 0 saturated heterocycles. The molecule has 0 aliphatic rings. The van der Waals surface area contributed by atoms with Crippen molar-refractivity contribution in [1.82, 2.24) is 14.8 Å². The van der Waals surface area contributed by atoms with Crippen molar-refractivity contribution in [3.63, 3.8) is 0 Å². The number of aromatic hydroxyl groups is 1. The van der Waals surface area contributed by atoms with Gasteiger partial charge in [-0.1, -0.05) is 41.6 Å². The summed E-state index contributed by atoms with van der Waals surface area (Å²) >= 11 is 1.25. The quantitative estimate of drug-likeness (QED) is 0.356. The number of para-hydroxylation sites is 1. The summed E-state index contributed by atoms with van der Waals surface area (Å²) in [6.07, 6.45) is 0. The Kier molecular flexibility index (Phi) is 7.03. The molecule has 0 atom stereocenters. The van der Waals surface area contributed by atoms with Crippen LogP contribution in [0.2, 0.25) is 0 Å². The van der Waals surface area contributed by atoms with E-state index < -0.39 is 0 Å². The van der Waals surface area contributed by atoms with Gasteiger partial charge in [-0.3, -0.25) is 9.36 Å². The summed E-state index contributed by atoms with van der Waals surface area (Å²) in [5.41, 5.74) is 3.04. The molecule has 1 heterocycles. The van der Waals surface area contributed by atoms with Gasteiger partial charge in [0.25, 0.3) is 0 Å². The van der Waals surface area contributed by atoms with Gasteiger partial charge < -0.3 is 19.9 Å². The Balaban J connectivity index is 1.59. The molecule has 4 aromatic rings. The van der Waals surface area contributed by atoms with Crippen molar-refractivity contribution in [2.24, 2.45) is 0 Å². The molecule has 9 heteroatoms. The maximum atomic E-state index is 12.7. The van der Waals surface area contributed by atoms with E-state index in [2.05, 4.69) is 15.5 Å². The third kappa shape index (κ3) is 4.99. The van der Waals surface area contributed by atoms with Gasteiger partial charge in [0.05, 0.1) is 31.2 Å². The van der Waals surface area contributed by atoms with Crippen molar-refractivity contribution in [2.75, 3.05) is 25.3 Å². The highest BCUT2D eigenvalue weighted by atomic mass is 32.2. The zero-order valence-corrected chi connectivity index (χ0v) is 19.8. The number of carbonyl (C=O) groups is 1. The molecular formula is C25H24N4O4S. The average molecular weight is 477 g/mol. The fourth-order valence-electron chi connectivity index (χ4n) is 3.35. The maximum Gasteiger partial charge on any atom is 0.234 e. The lowest BCUT2D eigenvalue weighted by molar-refractivity contribution is -0.113. The van der Waals surface area contributed by atoms with E-state index in [9.17, 15) is 9.90 Å². The number of aromatic nitrogens is 3. The molecule has 34 heavy (non-hydrogen) atoms. The van der Waals surface area contributed by atoms with E-state index in [4.69, 9.17) is 9.47 Å². The third-order valence-corrected chi connectivity index (χ3v) is 6.01. The Bertz CT molecular complexity index is 1300. The number of carbonyl (C=O) groups excluding carboxylic acids is 1. The van der Waals surface area contributed by atoms with Crippen molar-refractivity contribution >= 4 is 23.4 Å². The second-order valence-corrected chi connectivity index (χ2v) is 8.34. The zero-order valence-electron chi connectivity index (χ0n) is 19.0. The molecule has 2 N–H and O–H groups in total. The number of methoxy groups -OCH3 is 2. The van der Waals surface area contributed by atoms with Crippen LogP contribution in [-0.2, 0) is 4.79 Å². The van der Waals surface area contributed by atoms with E-state index in [1.165, 1.54) is 18.9 Å². The molecule has 8 nitrogen and oxygen atoms in total. The first-order valence-electron chi connectivity index (χ1n) is 10.5. The largest absolute Gasteiger partial charge is 0.507 e. The highest BCUT2D eigenvalue weighted by Gasteiger charge is 2.19. The number of nitrogens with zero attached hydrogens (tertiary/aromatic N) is 3. The van der Waals surface area contributed by atoms with E-state index in [1.807, 2.05) is 41.8 Å². The summed E-state index contributed by atoms with van der Waals surface area (Å²) < 4.78 is 12.4. The molecule has 1 aromatic heterocycles. The summed E-state index contributed by atoms with van der Waals surface area (Å²) in [4.78, 5) is 12.7. The molecule has 0 unspecified atom stereocenters. The van der Waals surface area contributed by atoms with Crippen molar-refractivity contribution in [3.8, 4) is 34.3 Å². The molecule has 0 saturated carbocycles. The molecule has 0 spiro atoms.